The zero-order valence-corrected chi connectivity index (χ0v) is 11.1. The fraction of sp³-hybridized carbons (Fsp3) is 0.500. The van der Waals surface area contributed by atoms with Gasteiger partial charge in [-0.2, -0.15) is 0 Å². The summed E-state index contributed by atoms with van der Waals surface area (Å²) in [6.45, 7) is 4.91. The number of hydrogen-bond donors (Lipinski definition) is 2. The maximum absolute atomic E-state index is 11.8. The van der Waals surface area contributed by atoms with E-state index in [0.717, 1.165) is 6.42 Å². The van der Waals surface area contributed by atoms with Crippen LogP contribution < -0.4 is 10.6 Å². The third-order valence-electron chi connectivity index (χ3n) is 2.32. The molecule has 0 unspecified atom stereocenters. The summed E-state index contributed by atoms with van der Waals surface area (Å²) in [6, 6.07) is 3.24. The molecule has 1 aromatic rings. The highest BCUT2D eigenvalue weighted by atomic mass is 35.5. The molecule has 1 rings (SSSR count). The van der Waals surface area contributed by atoms with Gasteiger partial charge in [0.2, 0.25) is 0 Å². The van der Waals surface area contributed by atoms with Gasteiger partial charge < -0.3 is 10.6 Å². The summed E-state index contributed by atoms with van der Waals surface area (Å²) in [5.74, 6) is 1.04. The molecule has 1 heterocycles. The molecule has 0 bridgehead atoms. The summed E-state index contributed by atoms with van der Waals surface area (Å²) in [5, 5.41) is 6.03. The second kappa shape index (κ2) is 6.45. The van der Waals surface area contributed by atoms with Crippen molar-refractivity contribution in [1.82, 2.24) is 10.3 Å². The first-order chi connectivity index (χ1) is 8.02. The number of pyridine rings is 1. The van der Waals surface area contributed by atoms with Crippen molar-refractivity contribution in [3.8, 4) is 0 Å². The van der Waals surface area contributed by atoms with Gasteiger partial charge in [-0.25, -0.2) is 4.98 Å². The lowest BCUT2D eigenvalue weighted by molar-refractivity contribution is 0.0952. The van der Waals surface area contributed by atoms with E-state index in [2.05, 4.69) is 29.5 Å². The van der Waals surface area contributed by atoms with Gasteiger partial charge in [0.25, 0.3) is 5.91 Å². The van der Waals surface area contributed by atoms with Crippen LogP contribution in [0.1, 0.15) is 30.6 Å². The van der Waals surface area contributed by atoms with Crippen molar-refractivity contribution >= 4 is 23.3 Å². The molecule has 0 saturated carbocycles. The van der Waals surface area contributed by atoms with Crippen molar-refractivity contribution in [1.29, 1.82) is 0 Å². The molecule has 17 heavy (non-hydrogen) atoms. The molecule has 0 aromatic carbocycles. The number of rotatable bonds is 5. The normalized spacial score (nSPS) is 10.4. The smallest absolute Gasteiger partial charge is 0.251 e. The van der Waals surface area contributed by atoms with Crippen LogP contribution >= 0.6 is 11.6 Å². The van der Waals surface area contributed by atoms with Crippen LogP contribution in [0.2, 0.25) is 5.15 Å². The highest BCUT2D eigenvalue weighted by Gasteiger charge is 2.08. The molecular weight excluding hydrogens is 238 g/mol. The first-order valence-electron chi connectivity index (χ1n) is 5.66. The number of aromatic nitrogens is 1. The van der Waals surface area contributed by atoms with Gasteiger partial charge >= 0.3 is 0 Å². The van der Waals surface area contributed by atoms with Gasteiger partial charge in [0.05, 0.1) is 0 Å². The average molecular weight is 256 g/mol. The summed E-state index contributed by atoms with van der Waals surface area (Å²) in [4.78, 5) is 15.8. The topological polar surface area (TPSA) is 54.0 Å². The third kappa shape index (κ3) is 4.61. The molecule has 2 N–H and O–H groups in total. The number of carbonyl (C=O) groups excluding carboxylic acids is 1. The highest BCUT2D eigenvalue weighted by molar-refractivity contribution is 6.29. The SMILES string of the molecule is CNc1cc(C(=O)NCCC(C)C)cc(Cl)n1. The Balaban J connectivity index is 2.65. The van der Waals surface area contributed by atoms with Gasteiger partial charge in [-0.3, -0.25) is 4.79 Å². The summed E-state index contributed by atoms with van der Waals surface area (Å²) in [5.41, 5.74) is 0.526. The number of nitrogens with one attached hydrogen (secondary N) is 2. The molecule has 94 valence electrons. The Kier molecular flexibility index (Phi) is 5.22. The predicted molar refractivity (Wildman–Crippen MR) is 70.6 cm³/mol. The van der Waals surface area contributed by atoms with Crippen LogP contribution in [0, 0.1) is 5.92 Å². The maximum Gasteiger partial charge on any atom is 0.251 e. The molecule has 1 aromatic heterocycles. The zero-order valence-electron chi connectivity index (χ0n) is 10.4. The van der Waals surface area contributed by atoms with E-state index in [0.29, 0.717) is 29.0 Å². The van der Waals surface area contributed by atoms with Gasteiger partial charge in [0.15, 0.2) is 0 Å². The molecule has 1 amide bonds. The zero-order chi connectivity index (χ0) is 12.8. The molecule has 0 aliphatic heterocycles. The van der Waals surface area contributed by atoms with Crippen LogP contribution in [-0.2, 0) is 0 Å². The summed E-state index contributed by atoms with van der Waals surface area (Å²) in [6.07, 6.45) is 0.962. The number of carbonyl (C=O) groups is 1. The highest BCUT2D eigenvalue weighted by Crippen LogP contribution is 2.14. The molecular formula is C12H18ClN3O. The Morgan fingerprint density at radius 2 is 2.18 bits per heavy atom. The average Bonchev–Trinajstić information content (AvgIpc) is 2.27. The van der Waals surface area contributed by atoms with Crippen molar-refractivity contribution < 1.29 is 4.79 Å². The number of nitrogens with zero attached hydrogens (tertiary/aromatic N) is 1. The lowest BCUT2D eigenvalue weighted by Gasteiger charge is -2.08. The number of amides is 1. The molecule has 0 aliphatic rings. The first kappa shape index (κ1) is 13.8. The maximum atomic E-state index is 11.8. The second-order valence-electron chi connectivity index (χ2n) is 4.25. The summed E-state index contributed by atoms with van der Waals surface area (Å²) >= 11 is 5.83. The van der Waals surface area contributed by atoms with E-state index >= 15 is 0 Å². The van der Waals surface area contributed by atoms with Gasteiger partial charge in [0, 0.05) is 19.2 Å². The Morgan fingerprint density at radius 1 is 1.47 bits per heavy atom. The van der Waals surface area contributed by atoms with Crippen LogP contribution in [0.5, 0.6) is 0 Å². The summed E-state index contributed by atoms with van der Waals surface area (Å²) < 4.78 is 0. The largest absolute Gasteiger partial charge is 0.373 e. The van der Waals surface area contributed by atoms with Crippen LogP contribution in [0.4, 0.5) is 5.82 Å². The molecule has 0 radical (unpaired) electrons. The summed E-state index contributed by atoms with van der Waals surface area (Å²) in [7, 11) is 1.74. The monoisotopic (exact) mass is 255 g/mol. The van der Waals surface area contributed by atoms with Crippen LogP contribution in [0.25, 0.3) is 0 Å². The van der Waals surface area contributed by atoms with Crippen LogP contribution in [0.3, 0.4) is 0 Å². The Bertz CT molecular complexity index is 393. The Labute approximate surface area is 107 Å². The van der Waals surface area contributed by atoms with E-state index < -0.39 is 0 Å². The van der Waals surface area contributed by atoms with Crippen molar-refractivity contribution in [3.05, 3.63) is 22.8 Å². The van der Waals surface area contributed by atoms with Crippen LogP contribution in [-0.4, -0.2) is 24.5 Å². The Morgan fingerprint density at radius 3 is 2.76 bits per heavy atom. The van der Waals surface area contributed by atoms with Gasteiger partial charge in [0.1, 0.15) is 11.0 Å². The Hall–Kier alpha value is -1.29. The van der Waals surface area contributed by atoms with E-state index in [1.807, 2.05) is 0 Å². The minimum Gasteiger partial charge on any atom is -0.373 e. The standard InChI is InChI=1S/C12H18ClN3O/c1-8(2)4-5-15-12(17)9-6-10(13)16-11(7-9)14-3/h6-8H,4-5H2,1-3H3,(H,14,16)(H,15,17). The fourth-order valence-corrected chi connectivity index (χ4v) is 1.54. The van der Waals surface area contributed by atoms with Crippen molar-refractivity contribution in [2.75, 3.05) is 18.9 Å². The molecule has 0 spiro atoms. The van der Waals surface area contributed by atoms with Gasteiger partial charge in [-0.1, -0.05) is 25.4 Å². The van der Waals surface area contributed by atoms with E-state index in [-0.39, 0.29) is 5.91 Å². The van der Waals surface area contributed by atoms with Crippen LogP contribution in [0.15, 0.2) is 12.1 Å². The fourth-order valence-electron chi connectivity index (χ4n) is 1.33. The van der Waals surface area contributed by atoms with E-state index in [1.54, 1.807) is 19.2 Å². The molecule has 0 fully saturated rings. The van der Waals surface area contributed by atoms with E-state index in [1.165, 1.54) is 0 Å². The van der Waals surface area contributed by atoms with E-state index in [4.69, 9.17) is 11.6 Å². The molecule has 0 saturated heterocycles. The molecule has 4 nitrogen and oxygen atoms in total. The number of halogens is 1. The minimum absolute atomic E-state index is 0.119. The van der Waals surface area contributed by atoms with Crippen molar-refractivity contribution in [2.45, 2.75) is 20.3 Å². The lowest BCUT2D eigenvalue weighted by Crippen LogP contribution is -2.25. The van der Waals surface area contributed by atoms with Gasteiger partial charge in [-0.15, -0.1) is 0 Å². The van der Waals surface area contributed by atoms with Gasteiger partial charge in [-0.05, 0) is 24.5 Å². The molecule has 0 aliphatic carbocycles. The first-order valence-corrected chi connectivity index (χ1v) is 6.04. The quantitative estimate of drug-likeness (QED) is 0.795. The number of anilines is 1. The predicted octanol–water partition coefficient (Wildman–Crippen LogP) is 2.55. The molecule has 0 atom stereocenters. The number of hydrogen-bond acceptors (Lipinski definition) is 3. The molecule has 5 heteroatoms. The second-order valence-corrected chi connectivity index (χ2v) is 4.64. The van der Waals surface area contributed by atoms with Crippen molar-refractivity contribution in [2.24, 2.45) is 5.92 Å². The van der Waals surface area contributed by atoms with Crippen molar-refractivity contribution in [3.63, 3.8) is 0 Å². The van der Waals surface area contributed by atoms with E-state index in [9.17, 15) is 4.79 Å². The third-order valence-corrected chi connectivity index (χ3v) is 2.51. The minimum atomic E-state index is -0.119. The lowest BCUT2D eigenvalue weighted by atomic mass is 10.1.